The van der Waals surface area contributed by atoms with E-state index in [2.05, 4.69) is 26.1 Å². The van der Waals surface area contributed by atoms with Gasteiger partial charge in [0.05, 0.1) is 12.2 Å². The predicted octanol–water partition coefficient (Wildman–Crippen LogP) is 2.96. The van der Waals surface area contributed by atoms with Crippen LogP contribution in [0, 0.1) is 46.3 Å². The van der Waals surface area contributed by atoms with Crippen LogP contribution >= 0.6 is 0 Å². The molecule has 4 saturated carbocycles. The van der Waals surface area contributed by atoms with Crippen molar-refractivity contribution >= 4 is 11.9 Å². The fourth-order valence-electron chi connectivity index (χ4n) is 9.18. The third-order valence-electron chi connectivity index (χ3n) is 11.2. The van der Waals surface area contributed by atoms with E-state index >= 15 is 0 Å². The third-order valence-corrected chi connectivity index (χ3v) is 11.2. The van der Waals surface area contributed by atoms with Gasteiger partial charge in [-0.25, -0.2) is 4.79 Å². The summed E-state index contributed by atoms with van der Waals surface area (Å²) >= 11 is 0. The van der Waals surface area contributed by atoms with Gasteiger partial charge in [-0.1, -0.05) is 20.8 Å². The average Bonchev–Trinajstić information content (AvgIpc) is 3.13. The highest BCUT2D eigenvalue weighted by Crippen LogP contribution is 2.68. The molecule has 5 N–H and O–H groups in total. The van der Waals surface area contributed by atoms with Crippen molar-refractivity contribution in [1.29, 1.82) is 0 Å². The summed E-state index contributed by atoms with van der Waals surface area (Å²) in [6.45, 7) is 9.19. The first-order valence-corrected chi connectivity index (χ1v) is 13.5. The summed E-state index contributed by atoms with van der Waals surface area (Å²) in [4.78, 5) is 23.7. The van der Waals surface area contributed by atoms with Crippen molar-refractivity contribution in [3.8, 4) is 0 Å². The molecule has 0 aromatic carbocycles. The zero-order chi connectivity index (χ0) is 25.1. The van der Waals surface area contributed by atoms with Gasteiger partial charge in [0.15, 0.2) is 5.60 Å². The number of rotatable bonds is 6. The van der Waals surface area contributed by atoms with E-state index in [1.165, 1.54) is 0 Å². The number of nitrogens with one attached hydrogen (secondary N) is 1. The maximum atomic E-state index is 12.0. The number of aliphatic carboxylic acids is 1. The van der Waals surface area contributed by atoms with Crippen LogP contribution in [0.3, 0.4) is 0 Å². The lowest BCUT2D eigenvalue weighted by Crippen LogP contribution is -2.63. The van der Waals surface area contributed by atoms with Crippen molar-refractivity contribution in [1.82, 2.24) is 5.32 Å². The van der Waals surface area contributed by atoms with Gasteiger partial charge in [0.1, 0.15) is 0 Å². The molecular formula is C27H45NO6. The minimum Gasteiger partial charge on any atom is -0.479 e. The molecule has 0 aliphatic heterocycles. The molecule has 7 heteroatoms. The highest BCUT2D eigenvalue weighted by Gasteiger charge is 2.66. The van der Waals surface area contributed by atoms with Crippen molar-refractivity contribution in [2.24, 2.45) is 46.3 Å². The number of hydrogen-bond acceptors (Lipinski definition) is 5. The van der Waals surface area contributed by atoms with E-state index in [0.29, 0.717) is 44.1 Å². The van der Waals surface area contributed by atoms with Gasteiger partial charge in [-0.05, 0) is 105 Å². The van der Waals surface area contributed by atoms with Crippen LogP contribution in [-0.4, -0.2) is 56.7 Å². The van der Waals surface area contributed by atoms with E-state index in [0.717, 1.165) is 19.3 Å². The topological polar surface area (TPSA) is 127 Å². The van der Waals surface area contributed by atoms with Gasteiger partial charge in [-0.3, -0.25) is 4.79 Å². The van der Waals surface area contributed by atoms with Crippen LogP contribution < -0.4 is 5.32 Å². The molecule has 11 atom stereocenters. The SMILES string of the molecule is CCNC(=O)CC[C@@H](C)[C@H]1CC[C@H]2[C@@H]3[C@H](O)CC4C[C@@](O)(C(=O)O)CC[C@]4(C)[C@H]3C[C@H](O)[C@]12C. The molecule has 1 amide bonds. The van der Waals surface area contributed by atoms with Crippen molar-refractivity contribution in [2.45, 2.75) is 103 Å². The standard InChI is InChI=1S/C27H45NO6/c1-5-28-22(31)9-6-15(2)17-7-8-18-23-19(13-21(30)26(17,18)4)25(3)10-11-27(34,24(32)33)14-16(25)12-20(23)29/h15-21,23,29-30,34H,5-14H2,1-4H3,(H,28,31)(H,32,33)/t15-,16?,17-,18+,19+,20-,21+,23+,25+,26-,27-/m1/s1. The van der Waals surface area contributed by atoms with Crippen LogP contribution in [0.15, 0.2) is 0 Å². The highest BCUT2D eigenvalue weighted by atomic mass is 16.4. The second kappa shape index (κ2) is 9.04. The number of carboxylic acid groups (broad SMARTS) is 1. The normalized spacial score (nSPS) is 48.9. The van der Waals surface area contributed by atoms with Gasteiger partial charge in [0.25, 0.3) is 0 Å². The molecule has 0 heterocycles. The number of carbonyl (C=O) groups is 2. The van der Waals surface area contributed by atoms with Gasteiger partial charge in [0.2, 0.25) is 5.91 Å². The molecule has 7 nitrogen and oxygen atoms in total. The van der Waals surface area contributed by atoms with Crippen molar-refractivity contribution < 1.29 is 30.0 Å². The number of aliphatic hydroxyl groups excluding tert-OH is 2. The van der Waals surface area contributed by atoms with Gasteiger partial charge >= 0.3 is 5.97 Å². The maximum Gasteiger partial charge on any atom is 0.335 e. The van der Waals surface area contributed by atoms with Crippen molar-refractivity contribution in [3.63, 3.8) is 0 Å². The molecule has 0 saturated heterocycles. The molecule has 4 fully saturated rings. The summed E-state index contributed by atoms with van der Waals surface area (Å²) in [5.41, 5.74) is -2.19. The lowest BCUT2D eigenvalue weighted by molar-refractivity contribution is -0.219. The second-order valence-corrected chi connectivity index (χ2v) is 12.6. The quantitative estimate of drug-likeness (QED) is 0.399. The van der Waals surface area contributed by atoms with E-state index in [1.807, 2.05) is 6.92 Å². The van der Waals surface area contributed by atoms with E-state index < -0.39 is 23.8 Å². The minimum atomic E-state index is -1.71. The Morgan fingerprint density at radius 3 is 2.44 bits per heavy atom. The smallest absolute Gasteiger partial charge is 0.335 e. The Kier molecular flexibility index (Phi) is 6.89. The Bertz CT molecular complexity index is 804. The number of aliphatic hydroxyl groups is 3. The minimum absolute atomic E-state index is 0.0663. The first-order valence-electron chi connectivity index (χ1n) is 13.5. The fraction of sp³-hybridized carbons (Fsp3) is 0.926. The molecule has 0 aromatic heterocycles. The summed E-state index contributed by atoms with van der Waals surface area (Å²) in [5, 5.41) is 46.2. The summed E-state index contributed by atoms with van der Waals surface area (Å²) in [6.07, 6.45) is 4.41. The number of hydrogen-bond donors (Lipinski definition) is 5. The lowest BCUT2D eigenvalue weighted by Gasteiger charge is -2.64. The largest absolute Gasteiger partial charge is 0.479 e. The summed E-state index contributed by atoms with van der Waals surface area (Å²) in [7, 11) is 0. The average molecular weight is 480 g/mol. The van der Waals surface area contributed by atoms with E-state index in [9.17, 15) is 30.0 Å². The summed E-state index contributed by atoms with van der Waals surface area (Å²) in [5.74, 6) is -0.101. The highest BCUT2D eigenvalue weighted by molar-refractivity contribution is 5.77. The van der Waals surface area contributed by atoms with Crippen LogP contribution in [0.5, 0.6) is 0 Å². The molecular weight excluding hydrogens is 434 g/mol. The number of fused-ring (bicyclic) bond motifs is 5. The van der Waals surface area contributed by atoms with Crippen LogP contribution in [-0.2, 0) is 9.59 Å². The first-order chi connectivity index (χ1) is 15.9. The Balaban J connectivity index is 1.55. The Labute approximate surface area is 203 Å². The van der Waals surface area contributed by atoms with Gasteiger partial charge < -0.3 is 25.7 Å². The molecule has 1 unspecified atom stereocenters. The number of carbonyl (C=O) groups excluding carboxylic acids is 1. The van der Waals surface area contributed by atoms with Gasteiger partial charge in [-0.2, -0.15) is 0 Å². The summed E-state index contributed by atoms with van der Waals surface area (Å²) in [6, 6.07) is 0. The lowest BCUT2D eigenvalue weighted by atomic mass is 9.42. The Morgan fingerprint density at radius 1 is 1.09 bits per heavy atom. The van der Waals surface area contributed by atoms with Gasteiger partial charge in [0, 0.05) is 13.0 Å². The second-order valence-electron chi connectivity index (χ2n) is 12.6. The molecule has 34 heavy (non-hydrogen) atoms. The molecule has 0 aromatic rings. The van der Waals surface area contributed by atoms with E-state index in [-0.39, 0.29) is 53.3 Å². The maximum absolute atomic E-state index is 12.0. The Hall–Kier alpha value is -1.18. The summed E-state index contributed by atoms with van der Waals surface area (Å²) < 4.78 is 0. The van der Waals surface area contributed by atoms with Crippen LogP contribution in [0.4, 0.5) is 0 Å². The first kappa shape index (κ1) is 25.9. The van der Waals surface area contributed by atoms with Crippen LogP contribution in [0.2, 0.25) is 0 Å². The zero-order valence-corrected chi connectivity index (χ0v) is 21.3. The zero-order valence-electron chi connectivity index (χ0n) is 21.3. The molecule has 4 aliphatic rings. The molecule has 0 bridgehead atoms. The van der Waals surface area contributed by atoms with Crippen LogP contribution in [0.1, 0.15) is 85.5 Å². The van der Waals surface area contributed by atoms with Crippen molar-refractivity contribution in [2.75, 3.05) is 6.54 Å². The fourth-order valence-corrected chi connectivity index (χ4v) is 9.18. The van der Waals surface area contributed by atoms with Crippen LogP contribution in [0.25, 0.3) is 0 Å². The molecule has 0 radical (unpaired) electrons. The number of amides is 1. The molecule has 4 aliphatic carbocycles. The molecule has 0 spiro atoms. The predicted molar refractivity (Wildman–Crippen MR) is 128 cm³/mol. The number of carboxylic acids is 1. The monoisotopic (exact) mass is 479 g/mol. The van der Waals surface area contributed by atoms with Crippen molar-refractivity contribution in [3.05, 3.63) is 0 Å². The third kappa shape index (κ3) is 3.90. The van der Waals surface area contributed by atoms with E-state index in [1.54, 1.807) is 0 Å². The molecule has 4 rings (SSSR count). The van der Waals surface area contributed by atoms with E-state index in [4.69, 9.17) is 0 Å². The van der Waals surface area contributed by atoms with Gasteiger partial charge in [-0.15, -0.1) is 0 Å². The molecule has 194 valence electrons. The Morgan fingerprint density at radius 2 is 1.79 bits per heavy atom.